The smallest absolute Gasteiger partial charge is 0.243 e. The van der Waals surface area contributed by atoms with Gasteiger partial charge in [-0.15, -0.1) is 10.2 Å². The van der Waals surface area contributed by atoms with Gasteiger partial charge in [0.25, 0.3) is 0 Å². The van der Waals surface area contributed by atoms with E-state index in [0.29, 0.717) is 42.9 Å². The van der Waals surface area contributed by atoms with Gasteiger partial charge in [0.2, 0.25) is 11.8 Å². The molecular weight excluding hydrogens is 644 g/mol. The highest BCUT2D eigenvalue weighted by Gasteiger charge is 2.61. The Morgan fingerprint density at radius 2 is 1.60 bits per heavy atom. The second kappa shape index (κ2) is 14.9. The lowest BCUT2D eigenvalue weighted by Gasteiger charge is -2.47. The Bertz CT molecular complexity index is 1480. The fourth-order valence-corrected chi connectivity index (χ4v) is 7.35. The van der Waals surface area contributed by atoms with E-state index in [-0.39, 0.29) is 61.5 Å². The Morgan fingerprint density at radius 1 is 0.940 bits per heavy atom. The van der Waals surface area contributed by atoms with Crippen LogP contribution in [0.1, 0.15) is 93.5 Å². The molecule has 2 aromatic heterocycles. The number of rotatable bonds is 16. The summed E-state index contributed by atoms with van der Waals surface area (Å²) in [5.41, 5.74) is 5.58. The SMILES string of the molecule is CC1OC(NC(=O)Cn2nncc2CC(C)(C)OCCC(C)(C)OCc2cnnn2CC(N)=O)C(C)C(C)C1OC1OC2(C)CC2C(C)C1C. The van der Waals surface area contributed by atoms with Crippen molar-refractivity contribution in [2.24, 2.45) is 35.3 Å². The molecule has 0 bridgehead atoms. The number of amides is 2. The maximum atomic E-state index is 13.3. The van der Waals surface area contributed by atoms with Crippen LogP contribution in [-0.4, -0.2) is 89.9 Å². The lowest BCUT2D eigenvalue weighted by atomic mass is 9.83. The third-order valence-corrected chi connectivity index (χ3v) is 11.2. The Morgan fingerprint density at radius 3 is 2.28 bits per heavy atom. The predicted octanol–water partition coefficient (Wildman–Crippen LogP) is 3.00. The van der Waals surface area contributed by atoms with Gasteiger partial charge in [-0.3, -0.25) is 9.59 Å². The van der Waals surface area contributed by atoms with Crippen LogP contribution < -0.4 is 11.1 Å². The summed E-state index contributed by atoms with van der Waals surface area (Å²) >= 11 is 0. The molecule has 0 radical (unpaired) electrons. The molecule has 1 aliphatic carbocycles. The van der Waals surface area contributed by atoms with E-state index in [1.807, 2.05) is 34.6 Å². The number of ether oxygens (including phenoxy) is 5. The number of fused-ring (bicyclic) bond motifs is 1. The predicted molar refractivity (Wildman–Crippen MR) is 182 cm³/mol. The van der Waals surface area contributed by atoms with Gasteiger partial charge in [-0.2, -0.15) is 0 Å². The highest BCUT2D eigenvalue weighted by Crippen LogP contribution is 2.58. The quantitative estimate of drug-likeness (QED) is 0.263. The van der Waals surface area contributed by atoms with Gasteiger partial charge in [-0.25, -0.2) is 9.36 Å². The molecule has 10 unspecified atom stereocenters. The topological polar surface area (TPSA) is 180 Å². The minimum Gasteiger partial charge on any atom is -0.375 e. The zero-order valence-electron chi connectivity index (χ0n) is 31.4. The van der Waals surface area contributed by atoms with Crippen LogP contribution in [0.25, 0.3) is 0 Å². The van der Waals surface area contributed by atoms with E-state index >= 15 is 0 Å². The van der Waals surface area contributed by atoms with Gasteiger partial charge in [-0.05, 0) is 72.1 Å². The van der Waals surface area contributed by atoms with Crippen molar-refractivity contribution in [1.29, 1.82) is 0 Å². The zero-order valence-corrected chi connectivity index (χ0v) is 31.4. The second-order valence-electron chi connectivity index (χ2n) is 16.3. The monoisotopic (exact) mass is 702 g/mol. The molecule has 4 heterocycles. The summed E-state index contributed by atoms with van der Waals surface area (Å²) in [5, 5.41) is 19.1. The van der Waals surface area contributed by atoms with Crippen LogP contribution in [0, 0.1) is 29.6 Å². The largest absolute Gasteiger partial charge is 0.375 e. The van der Waals surface area contributed by atoms with Crippen molar-refractivity contribution in [3.8, 4) is 0 Å². The molecule has 2 saturated heterocycles. The molecular formula is C35H58N8O7. The first-order chi connectivity index (χ1) is 23.4. The van der Waals surface area contributed by atoms with E-state index in [4.69, 9.17) is 29.4 Å². The summed E-state index contributed by atoms with van der Waals surface area (Å²) in [4.78, 5) is 24.6. The number of carbonyl (C=O) groups excluding carboxylic acids is 2. The normalized spacial score (nSPS) is 32.8. The Hall–Kier alpha value is -2.98. The molecule has 3 aliphatic rings. The van der Waals surface area contributed by atoms with Crippen molar-refractivity contribution < 1.29 is 33.3 Å². The zero-order chi connectivity index (χ0) is 36.6. The van der Waals surface area contributed by atoms with E-state index in [9.17, 15) is 9.59 Å². The fraction of sp³-hybridized carbons (Fsp3) is 0.829. The maximum absolute atomic E-state index is 13.3. The third-order valence-electron chi connectivity index (χ3n) is 11.2. The van der Waals surface area contributed by atoms with Crippen molar-refractivity contribution in [3.63, 3.8) is 0 Å². The fourth-order valence-electron chi connectivity index (χ4n) is 7.35. The van der Waals surface area contributed by atoms with Crippen LogP contribution in [0.4, 0.5) is 0 Å². The third kappa shape index (κ3) is 9.08. The van der Waals surface area contributed by atoms with E-state index < -0.39 is 23.3 Å². The molecule has 0 aromatic carbocycles. The van der Waals surface area contributed by atoms with Gasteiger partial charge < -0.3 is 34.7 Å². The van der Waals surface area contributed by atoms with Crippen molar-refractivity contribution in [1.82, 2.24) is 35.3 Å². The molecule has 10 atom stereocenters. The highest BCUT2D eigenvalue weighted by atomic mass is 16.7. The van der Waals surface area contributed by atoms with E-state index in [0.717, 1.165) is 12.1 Å². The Balaban J connectivity index is 1.07. The first-order valence-electron chi connectivity index (χ1n) is 18.0. The molecule has 3 N–H and O–H groups in total. The molecule has 15 heteroatoms. The lowest BCUT2D eigenvalue weighted by molar-refractivity contribution is -0.292. The summed E-state index contributed by atoms with van der Waals surface area (Å²) < 4.78 is 34.9. The Labute approximate surface area is 295 Å². The number of aromatic nitrogens is 6. The van der Waals surface area contributed by atoms with Crippen LogP contribution in [0.3, 0.4) is 0 Å². The van der Waals surface area contributed by atoms with E-state index in [1.165, 1.54) is 4.68 Å². The molecule has 1 saturated carbocycles. The standard InChI is InChI=1S/C35H58N8O7/c1-20-23(4)32(50-35(10)14-27(20)35)49-30-21(2)22(3)31(48-24(30)5)39-29(45)18-43-25(15-37-41-43)13-34(8,9)46-12-11-33(6,7)47-19-26-16-38-40-42(26)17-28(36)44/h15-16,20-24,27,30-32H,11-14,17-19H2,1-10H3,(H2,36,44)(H,39,45). The minimum atomic E-state index is -0.563. The average molecular weight is 703 g/mol. The number of hydrogen-bond acceptors (Lipinski definition) is 11. The van der Waals surface area contributed by atoms with Gasteiger partial charge in [0.05, 0.1) is 66.0 Å². The summed E-state index contributed by atoms with van der Waals surface area (Å²) in [7, 11) is 0. The van der Waals surface area contributed by atoms with Crippen LogP contribution in [0.2, 0.25) is 0 Å². The van der Waals surface area contributed by atoms with Crippen molar-refractivity contribution in [2.45, 2.75) is 150 Å². The second-order valence-corrected chi connectivity index (χ2v) is 16.3. The van der Waals surface area contributed by atoms with E-state index in [2.05, 4.69) is 60.6 Å². The minimum absolute atomic E-state index is 0.00775. The number of nitrogens with one attached hydrogen (secondary N) is 1. The summed E-state index contributed by atoms with van der Waals surface area (Å²) in [5.74, 6) is 0.913. The molecule has 2 aromatic rings. The molecule has 2 amide bonds. The number of hydrogen-bond donors (Lipinski definition) is 2. The number of primary amides is 1. The number of nitrogens with zero attached hydrogens (tertiary/aromatic N) is 6. The summed E-state index contributed by atoms with van der Waals surface area (Å²) in [6.07, 6.45) is 4.33. The molecule has 280 valence electrons. The summed E-state index contributed by atoms with van der Waals surface area (Å²) in [6.45, 7) is 21.5. The lowest BCUT2D eigenvalue weighted by Crippen LogP contribution is -2.57. The molecule has 2 aliphatic heterocycles. The van der Waals surface area contributed by atoms with Crippen LogP contribution >= 0.6 is 0 Å². The van der Waals surface area contributed by atoms with Crippen molar-refractivity contribution in [2.75, 3.05) is 6.61 Å². The molecule has 0 spiro atoms. The maximum Gasteiger partial charge on any atom is 0.243 e. The first-order valence-corrected chi connectivity index (χ1v) is 18.0. The molecule has 15 nitrogen and oxygen atoms in total. The molecule has 50 heavy (non-hydrogen) atoms. The van der Waals surface area contributed by atoms with Gasteiger partial charge in [-0.1, -0.05) is 38.1 Å². The van der Waals surface area contributed by atoms with Crippen molar-refractivity contribution in [3.05, 3.63) is 23.8 Å². The number of carbonyl (C=O) groups is 2. The van der Waals surface area contributed by atoms with Crippen LogP contribution in [0.15, 0.2) is 12.4 Å². The van der Waals surface area contributed by atoms with Crippen LogP contribution in [-0.2, 0) is 59.4 Å². The molecule has 5 rings (SSSR count). The average Bonchev–Trinajstić information content (AvgIpc) is 3.28. The Kier molecular flexibility index (Phi) is 11.4. The van der Waals surface area contributed by atoms with Crippen molar-refractivity contribution >= 4 is 11.8 Å². The number of nitrogens with two attached hydrogens (primary N) is 1. The first kappa shape index (κ1) is 38.3. The van der Waals surface area contributed by atoms with Gasteiger partial charge in [0, 0.05) is 18.3 Å². The van der Waals surface area contributed by atoms with Gasteiger partial charge in [0.15, 0.2) is 6.29 Å². The van der Waals surface area contributed by atoms with Gasteiger partial charge in [0.1, 0.15) is 19.3 Å². The highest BCUT2D eigenvalue weighted by molar-refractivity contribution is 5.76. The van der Waals surface area contributed by atoms with Crippen LogP contribution in [0.5, 0.6) is 0 Å². The molecule has 3 fully saturated rings. The summed E-state index contributed by atoms with van der Waals surface area (Å²) in [6, 6.07) is 0. The van der Waals surface area contributed by atoms with E-state index in [1.54, 1.807) is 17.1 Å². The van der Waals surface area contributed by atoms with Gasteiger partial charge >= 0.3 is 0 Å².